The molecule has 1 rings (SSSR count). The molecule has 4 heteroatoms. The zero-order valence-electron chi connectivity index (χ0n) is 10.8. The largest absolute Gasteiger partial charge is 0.490 e. The lowest BCUT2D eigenvalue weighted by Crippen LogP contribution is -2.18. The van der Waals surface area contributed by atoms with Crippen molar-refractivity contribution in [3.8, 4) is 5.75 Å². The fourth-order valence-corrected chi connectivity index (χ4v) is 1.72. The van der Waals surface area contributed by atoms with Gasteiger partial charge in [0.25, 0.3) is 0 Å². The van der Waals surface area contributed by atoms with Gasteiger partial charge in [-0.1, -0.05) is 13.3 Å². The molecule has 0 aliphatic rings. The maximum absolute atomic E-state index is 5.58. The Balaban J connectivity index is 2.55. The van der Waals surface area contributed by atoms with Crippen molar-refractivity contribution in [2.24, 2.45) is 11.7 Å². The van der Waals surface area contributed by atoms with E-state index in [-0.39, 0.29) is 0 Å². The summed E-state index contributed by atoms with van der Waals surface area (Å²) in [6.45, 7) is 6.44. The third kappa shape index (κ3) is 4.61. The van der Waals surface area contributed by atoms with Crippen LogP contribution in [0.15, 0.2) is 18.3 Å². The Morgan fingerprint density at radius 3 is 2.94 bits per heavy atom. The van der Waals surface area contributed by atoms with Gasteiger partial charge in [-0.05, 0) is 37.9 Å². The van der Waals surface area contributed by atoms with Crippen LogP contribution in [0.3, 0.4) is 0 Å². The van der Waals surface area contributed by atoms with E-state index in [4.69, 9.17) is 10.5 Å². The lowest BCUT2D eigenvalue weighted by atomic mass is 10.0. The second-order valence-electron chi connectivity index (χ2n) is 4.02. The van der Waals surface area contributed by atoms with Crippen molar-refractivity contribution in [3.05, 3.63) is 18.3 Å². The van der Waals surface area contributed by atoms with Gasteiger partial charge in [0.05, 0.1) is 6.61 Å². The smallest absolute Gasteiger partial charge is 0.168 e. The normalized spacial score (nSPS) is 12.2. The molecule has 1 aromatic heterocycles. The summed E-state index contributed by atoms with van der Waals surface area (Å²) in [4.78, 5) is 4.30. The van der Waals surface area contributed by atoms with Gasteiger partial charge >= 0.3 is 0 Å². The van der Waals surface area contributed by atoms with E-state index < -0.39 is 0 Å². The highest BCUT2D eigenvalue weighted by Crippen LogP contribution is 2.21. The minimum absolute atomic E-state index is 0.594. The van der Waals surface area contributed by atoms with Gasteiger partial charge in [-0.3, -0.25) is 0 Å². The van der Waals surface area contributed by atoms with Crippen LogP contribution >= 0.6 is 0 Å². The van der Waals surface area contributed by atoms with Gasteiger partial charge in [0.2, 0.25) is 0 Å². The van der Waals surface area contributed by atoms with E-state index in [1.165, 1.54) is 0 Å². The van der Waals surface area contributed by atoms with Gasteiger partial charge in [0.15, 0.2) is 11.6 Å². The summed E-state index contributed by atoms with van der Waals surface area (Å²) in [7, 11) is 0. The summed E-state index contributed by atoms with van der Waals surface area (Å²) < 4.78 is 5.51. The highest BCUT2D eigenvalue weighted by atomic mass is 16.5. The van der Waals surface area contributed by atoms with E-state index in [1.54, 1.807) is 6.20 Å². The molecule has 0 bridgehead atoms. The summed E-state index contributed by atoms with van der Waals surface area (Å²) in [5, 5.41) is 3.34. The molecule has 1 heterocycles. The third-order valence-corrected chi connectivity index (χ3v) is 2.78. The predicted octanol–water partition coefficient (Wildman–Crippen LogP) is 2.27. The first-order chi connectivity index (χ1) is 8.31. The maximum Gasteiger partial charge on any atom is 0.168 e. The molecule has 0 saturated carbocycles. The minimum atomic E-state index is 0.594. The van der Waals surface area contributed by atoms with Crippen LogP contribution in [0.1, 0.15) is 26.7 Å². The van der Waals surface area contributed by atoms with Crippen LogP contribution in [0.2, 0.25) is 0 Å². The van der Waals surface area contributed by atoms with Crippen molar-refractivity contribution < 1.29 is 4.74 Å². The molecule has 0 radical (unpaired) electrons. The number of hydrogen-bond donors (Lipinski definition) is 2. The summed E-state index contributed by atoms with van der Waals surface area (Å²) in [5.74, 6) is 2.24. The topological polar surface area (TPSA) is 60.2 Å². The van der Waals surface area contributed by atoms with E-state index in [0.717, 1.165) is 37.5 Å². The highest BCUT2D eigenvalue weighted by Gasteiger charge is 2.08. The van der Waals surface area contributed by atoms with Gasteiger partial charge in [0.1, 0.15) is 0 Å². The first-order valence-corrected chi connectivity index (χ1v) is 6.33. The lowest BCUT2D eigenvalue weighted by Gasteiger charge is -2.16. The molecule has 3 N–H and O–H groups in total. The molecule has 0 fully saturated rings. The van der Waals surface area contributed by atoms with Crippen molar-refractivity contribution in [1.29, 1.82) is 0 Å². The van der Waals surface area contributed by atoms with Crippen LogP contribution in [0.25, 0.3) is 0 Å². The van der Waals surface area contributed by atoms with Gasteiger partial charge in [-0.25, -0.2) is 4.98 Å². The fourth-order valence-electron chi connectivity index (χ4n) is 1.72. The van der Waals surface area contributed by atoms with Crippen LogP contribution in [0, 0.1) is 5.92 Å². The van der Waals surface area contributed by atoms with E-state index in [9.17, 15) is 0 Å². The Morgan fingerprint density at radius 2 is 2.29 bits per heavy atom. The Labute approximate surface area is 104 Å². The second kappa shape index (κ2) is 7.90. The van der Waals surface area contributed by atoms with Crippen molar-refractivity contribution >= 4 is 5.82 Å². The van der Waals surface area contributed by atoms with Gasteiger partial charge < -0.3 is 15.8 Å². The van der Waals surface area contributed by atoms with Crippen LogP contribution in [0.4, 0.5) is 5.82 Å². The van der Waals surface area contributed by atoms with E-state index in [1.807, 2.05) is 19.1 Å². The number of aromatic nitrogens is 1. The lowest BCUT2D eigenvalue weighted by molar-refractivity contribution is 0.340. The van der Waals surface area contributed by atoms with Crippen molar-refractivity contribution in [2.45, 2.75) is 26.7 Å². The third-order valence-electron chi connectivity index (χ3n) is 2.78. The number of anilines is 1. The monoisotopic (exact) mass is 237 g/mol. The molecule has 4 nitrogen and oxygen atoms in total. The Morgan fingerprint density at radius 1 is 1.47 bits per heavy atom. The molecule has 0 aliphatic heterocycles. The van der Waals surface area contributed by atoms with Crippen LogP contribution in [-0.2, 0) is 0 Å². The molecule has 1 aromatic rings. The predicted molar refractivity (Wildman–Crippen MR) is 71.3 cm³/mol. The van der Waals surface area contributed by atoms with E-state index in [0.29, 0.717) is 12.5 Å². The van der Waals surface area contributed by atoms with E-state index >= 15 is 0 Å². The number of pyridine rings is 1. The Hall–Kier alpha value is -1.29. The number of nitrogens with zero attached hydrogens (tertiary/aromatic N) is 1. The van der Waals surface area contributed by atoms with Crippen molar-refractivity contribution in [1.82, 2.24) is 4.98 Å². The molecule has 96 valence electrons. The summed E-state index contributed by atoms with van der Waals surface area (Å²) >= 11 is 0. The quantitative estimate of drug-likeness (QED) is 0.728. The summed E-state index contributed by atoms with van der Waals surface area (Å²) in [6, 6.07) is 3.82. The molecule has 1 atom stereocenters. The average molecular weight is 237 g/mol. The Bertz CT molecular complexity index is 317. The zero-order valence-corrected chi connectivity index (χ0v) is 10.8. The fraction of sp³-hybridized carbons (Fsp3) is 0.615. The number of nitrogens with two attached hydrogens (primary N) is 1. The molecule has 0 saturated heterocycles. The molecular weight excluding hydrogens is 214 g/mol. The number of ether oxygens (including phenoxy) is 1. The van der Waals surface area contributed by atoms with E-state index in [2.05, 4.69) is 17.2 Å². The van der Waals surface area contributed by atoms with Crippen LogP contribution < -0.4 is 15.8 Å². The molecular formula is C13H23N3O. The molecule has 0 aromatic carbocycles. The summed E-state index contributed by atoms with van der Waals surface area (Å²) in [5.41, 5.74) is 5.58. The molecule has 1 unspecified atom stereocenters. The van der Waals surface area contributed by atoms with Gasteiger partial charge in [0, 0.05) is 12.7 Å². The number of rotatable bonds is 8. The second-order valence-corrected chi connectivity index (χ2v) is 4.02. The zero-order chi connectivity index (χ0) is 12.5. The average Bonchev–Trinajstić information content (AvgIpc) is 2.36. The maximum atomic E-state index is 5.58. The van der Waals surface area contributed by atoms with Gasteiger partial charge in [-0.15, -0.1) is 0 Å². The first kappa shape index (κ1) is 13.8. The standard InChI is InChI=1S/C13H23N3O/c1-3-11(7-8-14)10-16-13-12(17-4-2)6-5-9-15-13/h5-6,9,11H,3-4,7-8,10,14H2,1-2H3,(H,15,16). The summed E-state index contributed by atoms with van der Waals surface area (Å²) in [6.07, 6.45) is 3.94. The van der Waals surface area contributed by atoms with Crippen molar-refractivity contribution in [3.63, 3.8) is 0 Å². The van der Waals surface area contributed by atoms with Crippen LogP contribution in [-0.4, -0.2) is 24.7 Å². The highest BCUT2D eigenvalue weighted by molar-refractivity contribution is 5.49. The molecule has 17 heavy (non-hydrogen) atoms. The first-order valence-electron chi connectivity index (χ1n) is 6.33. The molecule has 0 amide bonds. The Kier molecular flexibility index (Phi) is 6.40. The van der Waals surface area contributed by atoms with Crippen molar-refractivity contribution in [2.75, 3.05) is 25.0 Å². The molecule has 0 spiro atoms. The van der Waals surface area contributed by atoms with Gasteiger partial charge in [-0.2, -0.15) is 0 Å². The minimum Gasteiger partial charge on any atom is -0.490 e. The van der Waals surface area contributed by atoms with Crippen LogP contribution in [0.5, 0.6) is 5.75 Å². The number of nitrogens with one attached hydrogen (secondary N) is 1. The SMILES string of the molecule is CCOc1cccnc1NCC(CC)CCN. The molecule has 0 aliphatic carbocycles. The number of hydrogen-bond acceptors (Lipinski definition) is 4.